The number of esters is 1. The van der Waals surface area contributed by atoms with Gasteiger partial charge in [-0.15, -0.1) is 0 Å². The van der Waals surface area contributed by atoms with Crippen LogP contribution in [0.5, 0.6) is 0 Å². The lowest BCUT2D eigenvalue weighted by molar-refractivity contribution is -0.143. The van der Waals surface area contributed by atoms with Gasteiger partial charge in [0.1, 0.15) is 0 Å². The Balaban J connectivity index is 3.11. The Kier molecular flexibility index (Phi) is 12.1. The van der Waals surface area contributed by atoms with E-state index in [4.69, 9.17) is 9.47 Å². The normalized spacial score (nSPS) is 10.4. The molecule has 0 heterocycles. The Bertz CT molecular complexity index is 157. The molecule has 0 amide bonds. The molecule has 0 saturated heterocycles. The number of hydrogen-bond acceptors (Lipinski definition) is 3. The molecule has 0 saturated carbocycles. The largest absolute Gasteiger partial charge is 0.466 e. The van der Waals surface area contributed by atoms with Crippen LogP contribution in [-0.4, -0.2) is 25.8 Å². The Labute approximate surface area is 99.5 Å². The van der Waals surface area contributed by atoms with Crippen molar-refractivity contribution in [2.75, 3.05) is 19.8 Å². The van der Waals surface area contributed by atoms with Gasteiger partial charge >= 0.3 is 5.97 Å². The predicted octanol–water partition coefficient (Wildman–Crippen LogP) is 3.32. The highest BCUT2D eigenvalue weighted by atomic mass is 16.5. The molecule has 0 spiro atoms. The monoisotopic (exact) mass is 230 g/mol. The van der Waals surface area contributed by atoms with Crippen LogP contribution in [-0.2, 0) is 14.3 Å². The van der Waals surface area contributed by atoms with E-state index in [0.717, 1.165) is 51.7 Å². The Morgan fingerprint density at radius 3 is 2.31 bits per heavy atom. The molecule has 0 atom stereocenters. The van der Waals surface area contributed by atoms with Crippen LogP contribution in [0.15, 0.2) is 0 Å². The van der Waals surface area contributed by atoms with Crippen LogP contribution in [0.2, 0.25) is 0 Å². The first kappa shape index (κ1) is 15.4. The van der Waals surface area contributed by atoms with Crippen LogP contribution in [0.3, 0.4) is 0 Å². The van der Waals surface area contributed by atoms with Gasteiger partial charge in [0.05, 0.1) is 6.61 Å². The first-order valence-corrected chi connectivity index (χ1v) is 6.54. The summed E-state index contributed by atoms with van der Waals surface area (Å²) in [5, 5.41) is 0. The van der Waals surface area contributed by atoms with Gasteiger partial charge < -0.3 is 9.47 Å². The van der Waals surface area contributed by atoms with Crippen LogP contribution in [0.1, 0.15) is 58.8 Å². The first-order valence-electron chi connectivity index (χ1n) is 6.54. The molecule has 0 aliphatic carbocycles. The van der Waals surface area contributed by atoms with Crippen LogP contribution in [0, 0.1) is 0 Å². The molecule has 3 nitrogen and oxygen atoms in total. The lowest BCUT2D eigenvalue weighted by atomic mass is 10.2. The van der Waals surface area contributed by atoms with Crippen molar-refractivity contribution in [2.24, 2.45) is 0 Å². The maximum Gasteiger partial charge on any atom is 0.305 e. The average Bonchev–Trinajstić information content (AvgIpc) is 2.29. The van der Waals surface area contributed by atoms with Crippen LogP contribution >= 0.6 is 0 Å². The predicted molar refractivity (Wildman–Crippen MR) is 65.4 cm³/mol. The van der Waals surface area contributed by atoms with E-state index in [1.807, 2.05) is 0 Å². The minimum absolute atomic E-state index is 0.0633. The van der Waals surface area contributed by atoms with Gasteiger partial charge in [-0.3, -0.25) is 4.79 Å². The SMILES string of the molecule is CCCCCOC(=O)CCCCOCCC. The third-order valence-electron chi connectivity index (χ3n) is 2.28. The summed E-state index contributed by atoms with van der Waals surface area (Å²) in [6.07, 6.45) is 6.69. The van der Waals surface area contributed by atoms with Gasteiger partial charge in [0, 0.05) is 19.6 Å². The summed E-state index contributed by atoms with van der Waals surface area (Å²) in [6, 6.07) is 0. The molecule has 3 heteroatoms. The van der Waals surface area contributed by atoms with Crippen molar-refractivity contribution in [3.8, 4) is 0 Å². The molecule has 0 unspecified atom stereocenters. The molecule has 0 radical (unpaired) electrons. The smallest absolute Gasteiger partial charge is 0.305 e. The summed E-state index contributed by atoms with van der Waals surface area (Å²) < 4.78 is 10.4. The summed E-state index contributed by atoms with van der Waals surface area (Å²) in [7, 11) is 0. The standard InChI is InChI=1S/C13H26O3/c1-3-5-7-12-16-13(14)9-6-8-11-15-10-4-2/h3-12H2,1-2H3. The van der Waals surface area contributed by atoms with E-state index in [9.17, 15) is 4.79 Å². The van der Waals surface area contributed by atoms with Crippen molar-refractivity contribution in [1.29, 1.82) is 0 Å². The maximum atomic E-state index is 11.2. The molecule has 0 aliphatic heterocycles. The van der Waals surface area contributed by atoms with Gasteiger partial charge in [0.15, 0.2) is 0 Å². The summed E-state index contributed by atoms with van der Waals surface area (Å²) in [5.74, 6) is -0.0633. The lowest BCUT2D eigenvalue weighted by Crippen LogP contribution is -2.06. The van der Waals surface area contributed by atoms with Crippen LogP contribution < -0.4 is 0 Å². The zero-order chi connectivity index (χ0) is 12.1. The fraction of sp³-hybridized carbons (Fsp3) is 0.923. The second kappa shape index (κ2) is 12.5. The van der Waals surface area contributed by atoms with Crippen molar-refractivity contribution in [2.45, 2.75) is 58.8 Å². The molecule has 0 N–H and O–H groups in total. The van der Waals surface area contributed by atoms with Crippen molar-refractivity contribution < 1.29 is 14.3 Å². The van der Waals surface area contributed by atoms with Gasteiger partial charge in [-0.1, -0.05) is 26.7 Å². The number of carbonyl (C=O) groups is 1. The third-order valence-corrected chi connectivity index (χ3v) is 2.28. The van der Waals surface area contributed by atoms with Crippen LogP contribution in [0.25, 0.3) is 0 Å². The highest BCUT2D eigenvalue weighted by Crippen LogP contribution is 2.00. The van der Waals surface area contributed by atoms with Crippen molar-refractivity contribution >= 4 is 5.97 Å². The Morgan fingerprint density at radius 2 is 1.62 bits per heavy atom. The van der Waals surface area contributed by atoms with Crippen molar-refractivity contribution in [3.63, 3.8) is 0 Å². The summed E-state index contributed by atoms with van der Waals surface area (Å²) in [4.78, 5) is 11.2. The van der Waals surface area contributed by atoms with E-state index in [-0.39, 0.29) is 5.97 Å². The number of rotatable bonds is 11. The quantitative estimate of drug-likeness (QED) is 0.403. The second-order valence-electron chi connectivity index (χ2n) is 4.00. The van der Waals surface area contributed by atoms with Crippen LogP contribution in [0.4, 0.5) is 0 Å². The average molecular weight is 230 g/mol. The second-order valence-corrected chi connectivity index (χ2v) is 4.00. The van der Waals surface area contributed by atoms with E-state index < -0.39 is 0 Å². The number of unbranched alkanes of at least 4 members (excludes halogenated alkanes) is 3. The molecular formula is C13H26O3. The minimum Gasteiger partial charge on any atom is -0.466 e. The minimum atomic E-state index is -0.0633. The topological polar surface area (TPSA) is 35.5 Å². The molecule has 0 aromatic heterocycles. The van der Waals surface area contributed by atoms with E-state index >= 15 is 0 Å². The van der Waals surface area contributed by atoms with E-state index in [2.05, 4.69) is 13.8 Å². The third kappa shape index (κ3) is 11.5. The molecule has 16 heavy (non-hydrogen) atoms. The molecule has 96 valence electrons. The van der Waals surface area contributed by atoms with E-state index in [0.29, 0.717) is 13.0 Å². The highest BCUT2D eigenvalue weighted by molar-refractivity contribution is 5.69. The van der Waals surface area contributed by atoms with Crippen molar-refractivity contribution in [1.82, 2.24) is 0 Å². The highest BCUT2D eigenvalue weighted by Gasteiger charge is 2.01. The van der Waals surface area contributed by atoms with E-state index in [1.165, 1.54) is 0 Å². The summed E-state index contributed by atoms with van der Waals surface area (Å²) >= 11 is 0. The zero-order valence-electron chi connectivity index (χ0n) is 10.8. The zero-order valence-corrected chi connectivity index (χ0v) is 10.8. The number of carbonyl (C=O) groups excluding carboxylic acids is 1. The molecule has 0 aromatic carbocycles. The van der Waals surface area contributed by atoms with Crippen molar-refractivity contribution in [3.05, 3.63) is 0 Å². The maximum absolute atomic E-state index is 11.2. The van der Waals surface area contributed by atoms with Gasteiger partial charge in [-0.05, 0) is 25.7 Å². The lowest BCUT2D eigenvalue weighted by Gasteiger charge is -2.04. The van der Waals surface area contributed by atoms with Gasteiger partial charge in [-0.2, -0.15) is 0 Å². The Morgan fingerprint density at radius 1 is 0.875 bits per heavy atom. The molecule has 0 bridgehead atoms. The summed E-state index contributed by atoms with van der Waals surface area (Å²) in [6.45, 7) is 6.39. The van der Waals surface area contributed by atoms with Gasteiger partial charge in [0.25, 0.3) is 0 Å². The van der Waals surface area contributed by atoms with Gasteiger partial charge in [-0.25, -0.2) is 0 Å². The molecule has 0 aromatic rings. The molecule has 0 aliphatic rings. The molecular weight excluding hydrogens is 204 g/mol. The first-order chi connectivity index (χ1) is 7.81. The number of hydrogen-bond donors (Lipinski definition) is 0. The summed E-state index contributed by atoms with van der Waals surface area (Å²) in [5.41, 5.74) is 0. The van der Waals surface area contributed by atoms with E-state index in [1.54, 1.807) is 0 Å². The van der Waals surface area contributed by atoms with Gasteiger partial charge in [0.2, 0.25) is 0 Å². The fourth-order valence-electron chi connectivity index (χ4n) is 1.33. The Hall–Kier alpha value is -0.570. The number of ether oxygens (including phenoxy) is 2. The fourth-order valence-corrected chi connectivity index (χ4v) is 1.33. The molecule has 0 rings (SSSR count). The molecule has 0 fully saturated rings.